The minimum atomic E-state index is -0.534. The molecule has 1 N–H and O–H groups in total. The fourth-order valence-corrected chi connectivity index (χ4v) is 3.77. The number of hydrogen-bond donors (Lipinski definition) is 1. The lowest BCUT2D eigenvalue weighted by atomic mass is 10.0. The number of piperidine rings is 1. The summed E-state index contributed by atoms with van der Waals surface area (Å²) in [5.41, 5.74) is 2.58. The second-order valence-electron chi connectivity index (χ2n) is 6.79. The van der Waals surface area contributed by atoms with Crippen LogP contribution in [-0.2, 0) is 7.05 Å². The normalized spacial score (nSPS) is 15.7. The Bertz CT molecular complexity index is 1080. The highest BCUT2D eigenvalue weighted by Crippen LogP contribution is 2.29. The molecule has 0 aliphatic carbocycles. The van der Waals surface area contributed by atoms with Crippen molar-refractivity contribution >= 4 is 11.2 Å². The Labute approximate surface area is 149 Å². The smallest absolute Gasteiger partial charge is 0.318 e. The molecule has 1 fully saturated rings. The predicted molar refractivity (Wildman–Crippen MR) is 97.4 cm³/mol. The van der Waals surface area contributed by atoms with Crippen LogP contribution in [0, 0.1) is 13.8 Å². The maximum atomic E-state index is 12.7. The molecule has 0 unspecified atom stereocenters. The van der Waals surface area contributed by atoms with Crippen molar-refractivity contribution in [1.29, 1.82) is 0 Å². The first-order valence-corrected chi connectivity index (χ1v) is 8.74. The highest BCUT2D eigenvalue weighted by Gasteiger charge is 2.22. The van der Waals surface area contributed by atoms with Gasteiger partial charge in [0.15, 0.2) is 5.65 Å². The van der Waals surface area contributed by atoms with E-state index in [1.807, 2.05) is 19.9 Å². The van der Waals surface area contributed by atoms with Crippen molar-refractivity contribution in [1.82, 2.24) is 24.6 Å². The largest absolute Gasteiger partial charge is 0.361 e. The molecule has 0 bridgehead atoms. The second-order valence-corrected chi connectivity index (χ2v) is 6.79. The monoisotopic (exact) mass is 355 g/mol. The summed E-state index contributed by atoms with van der Waals surface area (Å²) in [5.74, 6) is 0.695. The molecule has 3 aromatic rings. The minimum absolute atomic E-state index is 0.0161. The van der Waals surface area contributed by atoms with Gasteiger partial charge in [0.25, 0.3) is 0 Å². The molecule has 0 amide bonds. The van der Waals surface area contributed by atoms with Crippen molar-refractivity contribution in [2.24, 2.45) is 7.05 Å². The Morgan fingerprint density at radius 3 is 2.58 bits per heavy atom. The van der Waals surface area contributed by atoms with Crippen LogP contribution in [0.25, 0.3) is 22.3 Å². The van der Waals surface area contributed by atoms with Crippen molar-refractivity contribution in [2.45, 2.75) is 32.7 Å². The Kier molecular flexibility index (Phi) is 3.99. The van der Waals surface area contributed by atoms with Gasteiger partial charge in [-0.25, -0.2) is 4.98 Å². The average molecular weight is 355 g/mol. The molecule has 8 heteroatoms. The van der Waals surface area contributed by atoms with Crippen LogP contribution in [0.3, 0.4) is 0 Å². The second kappa shape index (κ2) is 6.21. The van der Waals surface area contributed by atoms with Gasteiger partial charge in [0.1, 0.15) is 5.76 Å². The summed E-state index contributed by atoms with van der Waals surface area (Å²) in [5, 5.41) is 7.27. The van der Waals surface area contributed by atoms with E-state index in [0.29, 0.717) is 16.9 Å². The van der Waals surface area contributed by atoms with Crippen LogP contribution in [0.5, 0.6) is 0 Å². The van der Waals surface area contributed by atoms with E-state index < -0.39 is 11.1 Å². The van der Waals surface area contributed by atoms with Gasteiger partial charge < -0.3 is 14.4 Å². The molecule has 4 heterocycles. The molecule has 0 aromatic carbocycles. The van der Waals surface area contributed by atoms with E-state index in [1.165, 1.54) is 4.57 Å². The van der Waals surface area contributed by atoms with Crippen LogP contribution < -0.4 is 16.4 Å². The molecule has 1 saturated heterocycles. The zero-order valence-electron chi connectivity index (χ0n) is 15.1. The zero-order chi connectivity index (χ0) is 18.4. The molecule has 4 rings (SSSR count). The zero-order valence-corrected chi connectivity index (χ0v) is 15.1. The summed E-state index contributed by atoms with van der Waals surface area (Å²) in [4.78, 5) is 29.8. The van der Waals surface area contributed by atoms with Crippen LogP contribution in [0.15, 0.2) is 26.4 Å². The van der Waals surface area contributed by atoms with Gasteiger partial charge in [-0.05, 0) is 45.8 Å². The highest BCUT2D eigenvalue weighted by atomic mass is 16.5. The molecule has 0 spiro atoms. The van der Waals surface area contributed by atoms with Crippen molar-refractivity contribution in [3.05, 3.63) is 44.4 Å². The number of fused-ring (bicyclic) bond motifs is 1. The molecular weight excluding hydrogens is 334 g/mol. The standard InChI is InChI=1S/C18H21N5O3/c1-10-15(11(2)26-21-10)12-8-14-16(20-9-12)23(13-4-6-19-7-5-13)18(25)17(24)22(14)3/h8-9,13,19H,4-7H2,1-3H3. The molecule has 26 heavy (non-hydrogen) atoms. The van der Waals surface area contributed by atoms with Crippen LogP contribution in [0.2, 0.25) is 0 Å². The van der Waals surface area contributed by atoms with E-state index in [2.05, 4.69) is 15.5 Å². The van der Waals surface area contributed by atoms with Gasteiger partial charge in [0.2, 0.25) is 0 Å². The number of aromatic nitrogens is 4. The van der Waals surface area contributed by atoms with Crippen molar-refractivity contribution in [3.8, 4) is 11.1 Å². The van der Waals surface area contributed by atoms with E-state index in [0.717, 1.165) is 42.8 Å². The first-order chi connectivity index (χ1) is 12.5. The fourth-order valence-electron chi connectivity index (χ4n) is 3.77. The van der Waals surface area contributed by atoms with Crippen LogP contribution in [0.1, 0.15) is 30.3 Å². The first kappa shape index (κ1) is 16.7. The topological polar surface area (TPSA) is 95.0 Å². The number of hydrogen-bond acceptors (Lipinski definition) is 6. The molecule has 1 aliphatic rings. The Hall–Kier alpha value is -2.74. The fraction of sp³-hybridized carbons (Fsp3) is 0.444. The number of nitrogens with one attached hydrogen (secondary N) is 1. The van der Waals surface area contributed by atoms with Gasteiger partial charge in [0.05, 0.1) is 11.2 Å². The summed E-state index contributed by atoms with van der Waals surface area (Å²) in [7, 11) is 1.61. The van der Waals surface area contributed by atoms with E-state index in [4.69, 9.17) is 4.52 Å². The van der Waals surface area contributed by atoms with E-state index in [-0.39, 0.29) is 6.04 Å². The number of nitrogens with zero attached hydrogens (tertiary/aromatic N) is 4. The molecule has 8 nitrogen and oxygen atoms in total. The van der Waals surface area contributed by atoms with Gasteiger partial charge in [0, 0.05) is 30.4 Å². The quantitative estimate of drug-likeness (QED) is 0.696. The lowest BCUT2D eigenvalue weighted by Gasteiger charge is -2.26. The van der Waals surface area contributed by atoms with Gasteiger partial charge in [-0.2, -0.15) is 0 Å². The van der Waals surface area contributed by atoms with Crippen LogP contribution in [-0.4, -0.2) is 32.4 Å². The summed E-state index contributed by atoms with van der Waals surface area (Å²) >= 11 is 0. The van der Waals surface area contributed by atoms with E-state index >= 15 is 0 Å². The molecule has 0 atom stereocenters. The average Bonchev–Trinajstić information content (AvgIpc) is 2.99. The van der Waals surface area contributed by atoms with Crippen LogP contribution in [0.4, 0.5) is 0 Å². The molecule has 1 aliphatic heterocycles. The molecule has 136 valence electrons. The van der Waals surface area contributed by atoms with Crippen molar-refractivity contribution in [3.63, 3.8) is 0 Å². The van der Waals surface area contributed by atoms with Gasteiger partial charge in [-0.1, -0.05) is 5.16 Å². The lowest BCUT2D eigenvalue weighted by Crippen LogP contribution is -2.44. The number of aryl methyl sites for hydroxylation is 3. The van der Waals surface area contributed by atoms with Crippen molar-refractivity contribution in [2.75, 3.05) is 13.1 Å². The van der Waals surface area contributed by atoms with E-state index in [9.17, 15) is 9.59 Å². The van der Waals surface area contributed by atoms with Gasteiger partial charge in [-0.3, -0.25) is 14.2 Å². The summed E-state index contributed by atoms with van der Waals surface area (Å²) in [6.45, 7) is 5.36. The molecule has 0 saturated carbocycles. The minimum Gasteiger partial charge on any atom is -0.361 e. The third kappa shape index (κ3) is 2.48. The van der Waals surface area contributed by atoms with E-state index in [1.54, 1.807) is 17.8 Å². The number of rotatable bonds is 2. The summed E-state index contributed by atoms with van der Waals surface area (Å²) in [6, 6.07) is 1.87. The molecule has 3 aromatic heterocycles. The maximum Gasteiger partial charge on any atom is 0.318 e. The SMILES string of the molecule is Cc1noc(C)c1-c1cnc2c(c1)n(C)c(=O)c(=O)n2C1CCNCC1. The Balaban J connectivity index is 1.99. The van der Waals surface area contributed by atoms with Crippen molar-refractivity contribution < 1.29 is 4.52 Å². The highest BCUT2D eigenvalue weighted by molar-refractivity contribution is 5.79. The lowest BCUT2D eigenvalue weighted by molar-refractivity contribution is 0.365. The number of pyridine rings is 1. The first-order valence-electron chi connectivity index (χ1n) is 8.74. The Morgan fingerprint density at radius 1 is 1.19 bits per heavy atom. The van der Waals surface area contributed by atoms with Gasteiger partial charge >= 0.3 is 11.1 Å². The maximum absolute atomic E-state index is 12.7. The third-order valence-corrected chi connectivity index (χ3v) is 5.14. The van der Waals surface area contributed by atoms with Crippen LogP contribution >= 0.6 is 0 Å². The van der Waals surface area contributed by atoms with Gasteiger partial charge in [-0.15, -0.1) is 0 Å². The summed E-state index contributed by atoms with van der Waals surface area (Å²) < 4.78 is 8.20. The predicted octanol–water partition coefficient (Wildman–Crippen LogP) is 1.29. The Morgan fingerprint density at radius 2 is 1.92 bits per heavy atom. The summed E-state index contributed by atoms with van der Waals surface area (Å²) in [6.07, 6.45) is 3.32. The molecule has 0 radical (unpaired) electrons. The molecular formula is C18H21N5O3. The third-order valence-electron chi connectivity index (χ3n) is 5.14.